The van der Waals surface area contributed by atoms with Crippen LogP contribution in [0.3, 0.4) is 0 Å². The standard InChI is InChI=1S/C23H33PS/c1-2-3-10-20-25-21-19-24(17-15-22-11-6-4-7-12-22)18-16-23-13-8-5-9-14-23/h4-9,11-14H,2-3,10,15-21H2,1H3. The largest absolute Gasteiger partial charge is 0.162 e. The third-order valence-electron chi connectivity index (χ3n) is 4.56. The maximum absolute atomic E-state index is 2.29. The molecule has 0 amide bonds. The third-order valence-corrected chi connectivity index (χ3v) is 8.50. The first-order chi connectivity index (χ1) is 12.4. The predicted octanol–water partition coefficient (Wildman–Crippen LogP) is 6.88. The second-order valence-electron chi connectivity index (χ2n) is 6.63. The van der Waals surface area contributed by atoms with Crippen molar-refractivity contribution in [2.24, 2.45) is 0 Å². The van der Waals surface area contributed by atoms with Crippen molar-refractivity contribution in [1.82, 2.24) is 0 Å². The van der Waals surface area contributed by atoms with E-state index in [9.17, 15) is 0 Å². The van der Waals surface area contributed by atoms with Gasteiger partial charge in [-0.1, -0.05) is 80.4 Å². The molecule has 0 N–H and O–H groups in total. The molecule has 0 aliphatic carbocycles. The summed E-state index contributed by atoms with van der Waals surface area (Å²) in [7, 11) is 0.147. The lowest BCUT2D eigenvalue weighted by Gasteiger charge is -2.18. The van der Waals surface area contributed by atoms with E-state index in [4.69, 9.17) is 0 Å². The first-order valence-electron chi connectivity index (χ1n) is 9.76. The number of thioether (sulfide) groups is 1. The average molecular weight is 373 g/mol. The van der Waals surface area contributed by atoms with Crippen LogP contribution in [0, 0.1) is 0 Å². The molecular weight excluding hydrogens is 339 g/mol. The van der Waals surface area contributed by atoms with Gasteiger partial charge in [-0.25, -0.2) is 0 Å². The fourth-order valence-electron chi connectivity index (χ4n) is 2.95. The third kappa shape index (κ3) is 9.47. The van der Waals surface area contributed by atoms with Crippen LogP contribution in [0.2, 0.25) is 0 Å². The highest BCUT2D eigenvalue weighted by Gasteiger charge is 2.09. The molecule has 0 bridgehead atoms. The molecule has 0 aliphatic rings. The summed E-state index contributed by atoms with van der Waals surface area (Å²) in [6.07, 6.45) is 10.8. The number of hydrogen-bond acceptors (Lipinski definition) is 1. The van der Waals surface area contributed by atoms with E-state index in [1.807, 2.05) is 0 Å². The average Bonchev–Trinajstić information content (AvgIpc) is 2.67. The van der Waals surface area contributed by atoms with Gasteiger partial charge >= 0.3 is 0 Å². The van der Waals surface area contributed by atoms with Crippen LogP contribution in [-0.2, 0) is 12.8 Å². The van der Waals surface area contributed by atoms with Crippen molar-refractivity contribution in [3.05, 3.63) is 71.8 Å². The van der Waals surface area contributed by atoms with Gasteiger partial charge in [0.2, 0.25) is 0 Å². The van der Waals surface area contributed by atoms with Crippen LogP contribution in [0.25, 0.3) is 0 Å². The highest BCUT2D eigenvalue weighted by atomic mass is 32.2. The quantitative estimate of drug-likeness (QED) is 0.273. The second kappa shape index (κ2) is 13.4. The van der Waals surface area contributed by atoms with E-state index in [1.54, 1.807) is 0 Å². The molecule has 0 atom stereocenters. The maximum Gasteiger partial charge on any atom is -0.00281 e. The Kier molecular flexibility index (Phi) is 11.0. The van der Waals surface area contributed by atoms with Crippen LogP contribution in [0.4, 0.5) is 0 Å². The molecule has 136 valence electrons. The van der Waals surface area contributed by atoms with E-state index < -0.39 is 0 Å². The van der Waals surface area contributed by atoms with E-state index >= 15 is 0 Å². The molecule has 2 aromatic carbocycles. The van der Waals surface area contributed by atoms with E-state index in [2.05, 4.69) is 79.3 Å². The lowest BCUT2D eigenvalue weighted by Crippen LogP contribution is -2.03. The summed E-state index contributed by atoms with van der Waals surface area (Å²) in [5.41, 5.74) is 3.01. The van der Waals surface area contributed by atoms with Crippen LogP contribution in [-0.4, -0.2) is 30.0 Å². The van der Waals surface area contributed by atoms with Crippen LogP contribution in [0.1, 0.15) is 37.3 Å². The Hall–Kier alpha value is -0.780. The minimum absolute atomic E-state index is 0.147. The molecule has 0 saturated heterocycles. The van der Waals surface area contributed by atoms with Crippen molar-refractivity contribution in [2.75, 3.05) is 30.0 Å². The van der Waals surface area contributed by atoms with Gasteiger partial charge < -0.3 is 0 Å². The van der Waals surface area contributed by atoms with Crippen LogP contribution in [0.5, 0.6) is 0 Å². The van der Waals surface area contributed by atoms with Crippen molar-refractivity contribution in [1.29, 1.82) is 0 Å². The molecule has 0 aromatic heterocycles. The zero-order valence-electron chi connectivity index (χ0n) is 15.7. The number of rotatable bonds is 13. The fourth-order valence-corrected chi connectivity index (χ4v) is 6.93. The predicted molar refractivity (Wildman–Crippen MR) is 119 cm³/mol. The van der Waals surface area contributed by atoms with Gasteiger partial charge in [-0.15, -0.1) is 7.92 Å². The summed E-state index contributed by atoms with van der Waals surface area (Å²) in [5, 5.41) is 0. The highest BCUT2D eigenvalue weighted by Crippen LogP contribution is 2.37. The molecule has 0 saturated carbocycles. The minimum Gasteiger partial charge on any atom is -0.162 e. The molecule has 0 aliphatic heterocycles. The highest BCUT2D eigenvalue weighted by molar-refractivity contribution is 7.99. The van der Waals surface area contributed by atoms with Crippen LogP contribution < -0.4 is 0 Å². The Bertz CT molecular complexity index is 497. The van der Waals surface area contributed by atoms with Gasteiger partial charge in [0, 0.05) is 0 Å². The molecule has 2 aromatic rings. The van der Waals surface area contributed by atoms with E-state index in [-0.39, 0.29) is 7.92 Å². The van der Waals surface area contributed by atoms with Crippen molar-refractivity contribution in [3.63, 3.8) is 0 Å². The molecule has 0 radical (unpaired) electrons. The van der Waals surface area contributed by atoms with E-state index in [1.165, 1.54) is 73.2 Å². The zero-order valence-corrected chi connectivity index (χ0v) is 17.4. The molecule has 0 unspecified atom stereocenters. The molecule has 2 heteroatoms. The normalized spacial score (nSPS) is 11.1. The molecular formula is C23H33PS. The molecule has 25 heavy (non-hydrogen) atoms. The molecule has 0 spiro atoms. The number of unbranched alkanes of at least 4 members (excludes halogenated alkanes) is 2. The summed E-state index contributed by atoms with van der Waals surface area (Å²) in [4.78, 5) is 0. The van der Waals surface area contributed by atoms with Crippen molar-refractivity contribution < 1.29 is 0 Å². The van der Waals surface area contributed by atoms with Crippen LogP contribution in [0.15, 0.2) is 60.7 Å². The Morgan fingerprint density at radius 2 is 1.24 bits per heavy atom. The van der Waals surface area contributed by atoms with Gasteiger partial charge in [0.25, 0.3) is 0 Å². The molecule has 2 rings (SSSR count). The Balaban J connectivity index is 1.75. The van der Waals surface area contributed by atoms with Crippen molar-refractivity contribution >= 4 is 19.7 Å². The monoisotopic (exact) mass is 372 g/mol. The van der Waals surface area contributed by atoms with Gasteiger partial charge in [-0.05, 0) is 60.4 Å². The van der Waals surface area contributed by atoms with Crippen molar-refractivity contribution in [2.45, 2.75) is 39.0 Å². The van der Waals surface area contributed by atoms with E-state index in [0.29, 0.717) is 0 Å². The summed E-state index contributed by atoms with van der Waals surface area (Å²) in [6.45, 7) is 2.29. The molecule has 0 nitrogen and oxygen atoms in total. The SMILES string of the molecule is CCCCCSCCP(CCc1ccccc1)CCc1ccccc1. The maximum atomic E-state index is 2.29. The Labute approximate surface area is 160 Å². The van der Waals surface area contributed by atoms with E-state index in [0.717, 1.165) is 0 Å². The van der Waals surface area contributed by atoms with Gasteiger partial charge in [0.15, 0.2) is 0 Å². The summed E-state index contributed by atoms with van der Waals surface area (Å²) in [5.74, 6) is 2.72. The van der Waals surface area contributed by atoms with Gasteiger partial charge in [0.1, 0.15) is 0 Å². The van der Waals surface area contributed by atoms with Crippen LogP contribution >= 0.6 is 19.7 Å². The molecule has 0 fully saturated rings. The summed E-state index contributed by atoms with van der Waals surface area (Å²) in [6, 6.07) is 22.1. The summed E-state index contributed by atoms with van der Waals surface area (Å²) < 4.78 is 0. The number of benzene rings is 2. The first-order valence-corrected chi connectivity index (χ1v) is 12.8. The lowest BCUT2D eigenvalue weighted by atomic mass is 10.2. The first kappa shape index (κ1) is 20.5. The zero-order chi connectivity index (χ0) is 17.6. The fraction of sp³-hybridized carbons (Fsp3) is 0.478. The van der Waals surface area contributed by atoms with Crippen molar-refractivity contribution in [3.8, 4) is 0 Å². The number of aryl methyl sites for hydroxylation is 2. The summed E-state index contributed by atoms with van der Waals surface area (Å²) >= 11 is 2.18. The van der Waals surface area contributed by atoms with Gasteiger partial charge in [-0.3, -0.25) is 0 Å². The minimum atomic E-state index is 0.147. The van der Waals surface area contributed by atoms with Gasteiger partial charge in [-0.2, -0.15) is 11.8 Å². The Morgan fingerprint density at radius 3 is 1.76 bits per heavy atom. The van der Waals surface area contributed by atoms with Gasteiger partial charge in [0.05, 0.1) is 0 Å². The second-order valence-corrected chi connectivity index (χ2v) is 10.5. The Morgan fingerprint density at radius 1 is 0.680 bits per heavy atom. The topological polar surface area (TPSA) is 0 Å². The molecule has 0 heterocycles. The smallest absolute Gasteiger partial charge is 0.00281 e. The number of hydrogen-bond donors (Lipinski definition) is 0. The lowest BCUT2D eigenvalue weighted by molar-refractivity contribution is 0.779.